The first-order valence-electron chi connectivity index (χ1n) is 9.34. The Morgan fingerprint density at radius 3 is 2.62 bits per heavy atom. The molecule has 1 atom stereocenters. The second-order valence-electron chi connectivity index (χ2n) is 7.62. The predicted octanol–water partition coefficient (Wildman–Crippen LogP) is 3.40. The highest BCUT2D eigenvalue weighted by Gasteiger charge is 2.21. The number of methoxy groups -OCH3 is 1. The van der Waals surface area contributed by atoms with E-state index in [0.29, 0.717) is 6.10 Å². The van der Waals surface area contributed by atoms with Crippen molar-refractivity contribution in [2.24, 2.45) is 5.92 Å². The van der Waals surface area contributed by atoms with E-state index in [1.807, 2.05) is 0 Å². The Labute approximate surface area is 146 Å². The van der Waals surface area contributed by atoms with E-state index in [1.165, 1.54) is 50.8 Å². The number of likely N-dealkylation sites (tertiary alicyclic amines) is 1. The lowest BCUT2D eigenvalue weighted by atomic mass is 10.1. The van der Waals surface area contributed by atoms with Crippen molar-refractivity contribution in [2.75, 3.05) is 40.8 Å². The first-order chi connectivity index (χ1) is 11.6. The van der Waals surface area contributed by atoms with E-state index in [-0.39, 0.29) is 0 Å². The molecule has 1 aromatic rings. The van der Waals surface area contributed by atoms with Gasteiger partial charge in [-0.3, -0.25) is 0 Å². The largest absolute Gasteiger partial charge is 0.493 e. The van der Waals surface area contributed by atoms with Gasteiger partial charge < -0.3 is 19.3 Å². The molecule has 1 aliphatic carbocycles. The molecular formula is C20H32N2O2. The number of nitrogens with zero attached hydrogens (tertiary/aromatic N) is 2. The highest BCUT2D eigenvalue weighted by Crippen LogP contribution is 2.32. The van der Waals surface area contributed by atoms with Gasteiger partial charge in [0.05, 0.1) is 13.2 Å². The average Bonchev–Trinajstić information content (AvgIpc) is 3.20. The summed E-state index contributed by atoms with van der Waals surface area (Å²) in [6.45, 7) is 4.58. The topological polar surface area (TPSA) is 24.9 Å². The Bertz CT molecular complexity index is 528. The Morgan fingerprint density at radius 2 is 1.96 bits per heavy atom. The molecular weight excluding hydrogens is 300 g/mol. The molecule has 24 heavy (non-hydrogen) atoms. The number of ether oxygens (including phenoxy) is 2. The van der Waals surface area contributed by atoms with E-state index < -0.39 is 0 Å². The molecule has 2 aliphatic rings. The number of hydrogen-bond acceptors (Lipinski definition) is 4. The molecule has 0 amide bonds. The van der Waals surface area contributed by atoms with Gasteiger partial charge in [0.25, 0.3) is 0 Å². The van der Waals surface area contributed by atoms with Gasteiger partial charge in [0.1, 0.15) is 0 Å². The van der Waals surface area contributed by atoms with Crippen LogP contribution in [0.3, 0.4) is 0 Å². The molecule has 1 saturated carbocycles. The average molecular weight is 332 g/mol. The Kier molecular flexibility index (Phi) is 6.01. The molecule has 1 heterocycles. The molecule has 0 aromatic heterocycles. The summed E-state index contributed by atoms with van der Waals surface area (Å²) < 4.78 is 11.7. The zero-order chi connectivity index (χ0) is 16.9. The lowest BCUT2D eigenvalue weighted by Gasteiger charge is -2.22. The van der Waals surface area contributed by atoms with Crippen LogP contribution in [0.1, 0.15) is 37.7 Å². The fraction of sp³-hybridized carbons (Fsp3) is 0.700. The SMILES string of the molecule is COc1cc(CN(C)C[C@H]2CCN(C)C2)ccc1OC1CCCC1. The van der Waals surface area contributed by atoms with Crippen LogP contribution in [0.25, 0.3) is 0 Å². The lowest BCUT2D eigenvalue weighted by Crippen LogP contribution is -2.27. The van der Waals surface area contributed by atoms with Crippen molar-refractivity contribution in [3.63, 3.8) is 0 Å². The van der Waals surface area contributed by atoms with E-state index in [2.05, 4.69) is 42.1 Å². The summed E-state index contributed by atoms with van der Waals surface area (Å²) in [6.07, 6.45) is 6.59. The Morgan fingerprint density at radius 1 is 1.17 bits per heavy atom. The van der Waals surface area contributed by atoms with Crippen molar-refractivity contribution in [2.45, 2.75) is 44.8 Å². The zero-order valence-electron chi connectivity index (χ0n) is 15.5. The summed E-state index contributed by atoms with van der Waals surface area (Å²) in [5.41, 5.74) is 1.29. The fourth-order valence-electron chi connectivity index (χ4n) is 4.09. The van der Waals surface area contributed by atoms with Crippen LogP contribution in [0.5, 0.6) is 11.5 Å². The van der Waals surface area contributed by atoms with E-state index in [4.69, 9.17) is 9.47 Å². The van der Waals surface area contributed by atoms with Crippen molar-refractivity contribution in [3.05, 3.63) is 23.8 Å². The summed E-state index contributed by atoms with van der Waals surface area (Å²) in [5.74, 6) is 2.56. The van der Waals surface area contributed by atoms with E-state index >= 15 is 0 Å². The van der Waals surface area contributed by atoms with Crippen molar-refractivity contribution >= 4 is 0 Å². The summed E-state index contributed by atoms with van der Waals surface area (Å²) in [5, 5.41) is 0. The van der Waals surface area contributed by atoms with Crippen LogP contribution >= 0.6 is 0 Å². The van der Waals surface area contributed by atoms with Gasteiger partial charge >= 0.3 is 0 Å². The van der Waals surface area contributed by atoms with E-state index in [1.54, 1.807) is 7.11 Å². The quantitative estimate of drug-likeness (QED) is 0.764. The van der Waals surface area contributed by atoms with E-state index in [0.717, 1.165) is 30.5 Å². The molecule has 3 rings (SSSR count). The van der Waals surface area contributed by atoms with Crippen LogP contribution in [0.4, 0.5) is 0 Å². The number of rotatable bonds is 7. The summed E-state index contributed by atoms with van der Waals surface area (Å²) >= 11 is 0. The third kappa shape index (κ3) is 4.64. The summed E-state index contributed by atoms with van der Waals surface area (Å²) in [7, 11) is 6.17. The highest BCUT2D eigenvalue weighted by atomic mass is 16.5. The van der Waals surface area contributed by atoms with Gasteiger partial charge in [-0.25, -0.2) is 0 Å². The molecule has 0 radical (unpaired) electrons. The molecule has 2 fully saturated rings. The second-order valence-corrected chi connectivity index (χ2v) is 7.62. The van der Waals surface area contributed by atoms with E-state index in [9.17, 15) is 0 Å². The zero-order valence-corrected chi connectivity index (χ0v) is 15.5. The molecule has 0 spiro atoms. The minimum atomic E-state index is 0.367. The van der Waals surface area contributed by atoms with Gasteiger partial charge in [0.2, 0.25) is 0 Å². The summed E-state index contributed by atoms with van der Waals surface area (Å²) in [6, 6.07) is 6.41. The summed E-state index contributed by atoms with van der Waals surface area (Å²) in [4.78, 5) is 4.85. The molecule has 0 N–H and O–H groups in total. The van der Waals surface area contributed by atoms with Crippen LogP contribution in [0.2, 0.25) is 0 Å². The molecule has 0 bridgehead atoms. The molecule has 4 nitrogen and oxygen atoms in total. The normalized spacial score (nSPS) is 22.4. The Balaban J connectivity index is 1.57. The molecule has 0 unspecified atom stereocenters. The van der Waals surface area contributed by atoms with Crippen LogP contribution in [0.15, 0.2) is 18.2 Å². The minimum absolute atomic E-state index is 0.367. The molecule has 1 aliphatic heterocycles. The standard InChI is InChI=1S/C20H32N2O2/c1-21-11-10-17(14-21)15-22(2)13-16-8-9-19(20(12-16)23-3)24-18-6-4-5-7-18/h8-9,12,17-18H,4-7,10-11,13-15H2,1-3H3/t17-/m0/s1. The third-order valence-electron chi connectivity index (χ3n) is 5.34. The third-order valence-corrected chi connectivity index (χ3v) is 5.34. The maximum Gasteiger partial charge on any atom is 0.161 e. The van der Waals surface area contributed by atoms with Gasteiger partial charge in [0, 0.05) is 19.6 Å². The molecule has 1 aromatic carbocycles. The predicted molar refractivity (Wildman–Crippen MR) is 97.8 cm³/mol. The number of benzene rings is 1. The minimum Gasteiger partial charge on any atom is -0.493 e. The highest BCUT2D eigenvalue weighted by molar-refractivity contribution is 5.43. The fourth-order valence-corrected chi connectivity index (χ4v) is 4.09. The number of hydrogen-bond donors (Lipinski definition) is 0. The van der Waals surface area contributed by atoms with Gasteiger partial charge in [-0.1, -0.05) is 6.07 Å². The van der Waals surface area contributed by atoms with Crippen LogP contribution < -0.4 is 9.47 Å². The van der Waals surface area contributed by atoms with Gasteiger partial charge in [-0.2, -0.15) is 0 Å². The van der Waals surface area contributed by atoms with Crippen molar-refractivity contribution in [3.8, 4) is 11.5 Å². The Hall–Kier alpha value is -1.26. The van der Waals surface area contributed by atoms with Crippen LogP contribution in [-0.4, -0.2) is 56.7 Å². The van der Waals surface area contributed by atoms with Crippen LogP contribution in [0, 0.1) is 5.92 Å². The maximum atomic E-state index is 6.13. The van der Waals surface area contributed by atoms with Crippen molar-refractivity contribution in [1.29, 1.82) is 0 Å². The van der Waals surface area contributed by atoms with Gasteiger partial charge in [-0.15, -0.1) is 0 Å². The molecule has 4 heteroatoms. The molecule has 134 valence electrons. The monoisotopic (exact) mass is 332 g/mol. The first kappa shape index (κ1) is 17.6. The lowest BCUT2D eigenvalue weighted by molar-refractivity contribution is 0.200. The second kappa shape index (κ2) is 8.21. The van der Waals surface area contributed by atoms with Crippen molar-refractivity contribution < 1.29 is 9.47 Å². The van der Waals surface area contributed by atoms with Gasteiger partial charge in [-0.05, 0) is 76.4 Å². The van der Waals surface area contributed by atoms with Crippen LogP contribution in [-0.2, 0) is 6.54 Å². The van der Waals surface area contributed by atoms with Crippen molar-refractivity contribution in [1.82, 2.24) is 9.80 Å². The molecule has 1 saturated heterocycles. The maximum absolute atomic E-state index is 6.13. The smallest absolute Gasteiger partial charge is 0.161 e. The first-order valence-corrected chi connectivity index (χ1v) is 9.34. The van der Waals surface area contributed by atoms with Gasteiger partial charge in [0.15, 0.2) is 11.5 Å².